The van der Waals surface area contributed by atoms with Crippen molar-refractivity contribution in [1.29, 1.82) is 0 Å². The van der Waals surface area contributed by atoms with Crippen molar-refractivity contribution in [2.45, 2.75) is 5.92 Å². The van der Waals surface area contributed by atoms with Crippen LogP contribution in [0.3, 0.4) is 0 Å². The van der Waals surface area contributed by atoms with Crippen LogP contribution in [0.1, 0.15) is 16.6 Å². The van der Waals surface area contributed by atoms with Crippen molar-refractivity contribution in [1.82, 2.24) is 15.2 Å². The van der Waals surface area contributed by atoms with E-state index in [2.05, 4.69) is 15.2 Å². The smallest absolute Gasteiger partial charge is 0.319 e. The van der Waals surface area contributed by atoms with Crippen molar-refractivity contribution >= 4 is 38.3 Å². The van der Waals surface area contributed by atoms with E-state index in [0.29, 0.717) is 15.8 Å². The van der Waals surface area contributed by atoms with Crippen LogP contribution >= 0.6 is 11.3 Å². The van der Waals surface area contributed by atoms with E-state index in [1.54, 1.807) is 24.3 Å². The SMILES string of the molecule is O=C(O)C(c1nc2ccccc2s1)c1n[nH]c(=O)c2ccccc12. The summed E-state index contributed by atoms with van der Waals surface area (Å²) in [6, 6.07) is 14.3. The molecule has 0 bridgehead atoms. The Balaban J connectivity index is 1.98. The second kappa shape index (κ2) is 5.54. The topological polar surface area (TPSA) is 95.9 Å². The molecule has 0 saturated carbocycles. The van der Waals surface area contributed by atoms with Crippen molar-refractivity contribution in [3.63, 3.8) is 0 Å². The summed E-state index contributed by atoms with van der Waals surface area (Å²) in [6.45, 7) is 0. The first-order valence-electron chi connectivity index (χ1n) is 7.21. The van der Waals surface area contributed by atoms with Gasteiger partial charge in [-0.15, -0.1) is 11.3 Å². The van der Waals surface area contributed by atoms with E-state index < -0.39 is 11.9 Å². The number of hydrogen-bond donors (Lipinski definition) is 2. The van der Waals surface area contributed by atoms with E-state index >= 15 is 0 Å². The molecule has 0 aliphatic rings. The molecule has 1 unspecified atom stereocenters. The molecule has 0 radical (unpaired) electrons. The van der Waals surface area contributed by atoms with E-state index in [-0.39, 0.29) is 11.3 Å². The van der Waals surface area contributed by atoms with Gasteiger partial charge >= 0.3 is 5.97 Å². The molecule has 24 heavy (non-hydrogen) atoms. The molecule has 2 N–H and O–H groups in total. The van der Waals surface area contributed by atoms with Crippen LogP contribution in [0, 0.1) is 0 Å². The number of carboxylic acid groups (broad SMARTS) is 1. The Hall–Kier alpha value is -3.06. The highest BCUT2D eigenvalue weighted by molar-refractivity contribution is 7.18. The van der Waals surface area contributed by atoms with Crippen LogP contribution in [0.4, 0.5) is 0 Å². The Bertz CT molecular complexity index is 1100. The van der Waals surface area contributed by atoms with Crippen LogP contribution in [0.25, 0.3) is 21.0 Å². The zero-order valence-electron chi connectivity index (χ0n) is 12.3. The van der Waals surface area contributed by atoms with Crippen molar-refractivity contribution in [3.05, 3.63) is 69.6 Å². The normalized spacial score (nSPS) is 12.5. The lowest BCUT2D eigenvalue weighted by Gasteiger charge is -2.11. The van der Waals surface area contributed by atoms with Crippen molar-refractivity contribution in [2.75, 3.05) is 0 Å². The number of carbonyl (C=O) groups is 1. The highest BCUT2D eigenvalue weighted by Gasteiger charge is 2.29. The number of thiazole rings is 1. The number of nitrogens with one attached hydrogen (secondary N) is 1. The van der Waals surface area contributed by atoms with E-state index in [1.165, 1.54) is 11.3 Å². The van der Waals surface area contributed by atoms with Crippen LogP contribution < -0.4 is 5.56 Å². The zero-order valence-corrected chi connectivity index (χ0v) is 13.1. The first-order chi connectivity index (χ1) is 11.6. The summed E-state index contributed by atoms with van der Waals surface area (Å²) in [4.78, 5) is 28.3. The number of para-hydroxylation sites is 1. The lowest BCUT2D eigenvalue weighted by molar-refractivity contribution is -0.137. The molecule has 0 fully saturated rings. The van der Waals surface area contributed by atoms with Crippen LogP contribution in [0.5, 0.6) is 0 Å². The fourth-order valence-electron chi connectivity index (χ4n) is 2.71. The van der Waals surface area contributed by atoms with Crippen LogP contribution in [0.15, 0.2) is 53.3 Å². The summed E-state index contributed by atoms with van der Waals surface area (Å²) in [6.07, 6.45) is 0. The summed E-state index contributed by atoms with van der Waals surface area (Å²) in [7, 11) is 0. The second-order valence-corrected chi connectivity index (χ2v) is 6.34. The third kappa shape index (κ3) is 2.26. The molecule has 0 amide bonds. The van der Waals surface area contributed by atoms with Gasteiger partial charge in [-0.2, -0.15) is 5.10 Å². The molecule has 2 aromatic heterocycles. The Morgan fingerprint density at radius 2 is 1.79 bits per heavy atom. The molecule has 1 atom stereocenters. The molecule has 2 aromatic carbocycles. The second-order valence-electron chi connectivity index (χ2n) is 5.27. The standard InChI is InChI=1S/C17H11N3O3S/c21-15-10-6-2-1-5-9(10)14(19-20-15)13(17(22)23)16-18-11-7-3-4-8-12(11)24-16/h1-8,13H,(H,20,21)(H,22,23). The number of aromatic amines is 1. The first kappa shape index (κ1) is 14.5. The molecule has 6 nitrogen and oxygen atoms in total. The van der Waals surface area contributed by atoms with E-state index in [9.17, 15) is 14.7 Å². The molecule has 7 heteroatoms. The van der Waals surface area contributed by atoms with Gasteiger partial charge in [0.2, 0.25) is 0 Å². The van der Waals surface area contributed by atoms with Gasteiger partial charge in [0, 0.05) is 5.39 Å². The van der Waals surface area contributed by atoms with Gasteiger partial charge < -0.3 is 5.11 Å². The predicted octanol–water partition coefficient (Wildman–Crippen LogP) is 2.75. The van der Waals surface area contributed by atoms with Gasteiger partial charge in [-0.25, -0.2) is 10.1 Å². The summed E-state index contributed by atoms with van der Waals surface area (Å²) in [5.74, 6) is -2.09. The third-order valence-electron chi connectivity index (χ3n) is 3.80. The van der Waals surface area contributed by atoms with E-state index in [1.807, 2.05) is 24.3 Å². The number of rotatable bonds is 3. The summed E-state index contributed by atoms with van der Waals surface area (Å²) in [5, 5.41) is 17.6. The molecule has 0 aliphatic carbocycles. The number of aliphatic carboxylic acids is 1. The molecule has 4 rings (SSSR count). The number of benzene rings is 2. The number of hydrogen-bond acceptors (Lipinski definition) is 5. The first-order valence-corrected chi connectivity index (χ1v) is 8.02. The third-order valence-corrected chi connectivity index (χ3v) is 4.90. The Kier molecular flexibility index (Phi) is 3.35. The zero-order chi connectivity index (χ0) is 16.7. The van der Waals surface area contributed by atoms with Crippen molar-refractivity contribution in [2.24, 2.45) is 0 Å². The highest BCUT2D eigenvalue weighted by atomic mass is 32.1. The Labute approximate surface area is 139 Å². The minimum absolute atomic E-state index is 0.289. The maximum Gasteiger partial charge on any atom is 0.319 e. The molecular formula is C17H11N3O3S. The number of fused-ring (bicyclic) bond motifs is 2. The summed E-state index contributed by atoms with van der Waals surface area (Å²) in [5.41, 5.74) is 0.692. The fourth-order valence-corrected chi connectivity index (χ4v) is 3.77. The lowest BCUT2D eigenvalue weighted by Crippen LogP contribution is -2.19. The molecule has 0 spiro atoms. The average Bonchev–Trinajstić information content (AvgIpc) is 3.00. The van der Waals surface area contributed by atoms with E-state index in [0.717, 1.165) is 10.2 Å². The molecule has 0 aliphatic heterocycles. The molecular weight excluding hydrogens is 326 g/mol. The lowest BCUT2D eigenvalue weighted by atomic mass is 10.0. The summed E-state index contributed by atoms with van der Waals surface area (Å²) >= 11 is 1.32. The van der Waals surface area contributed by atoms with Gasteiger partial charge in [0.05, 0.1) is 21.3 Å². The van der Waals surface area contributed by atoms with Crippen LogP contribution in [-0.4, -0.2) is 26.3 Å². The number of carboxylic acids is 1. The van der Waals surface area contributed by atoms with Gasteiger partial charge in [-0.1, -0.05) is 30.3 Å². The average molecular weight is 337 g/mol. The fraction of sp³-hybridized carbons (Fsp3) is 0.0588. The summed E-state index contributed by atoms with van der Waals surface area (Å²) < 4.78 is 0.910. The number of aromatic nitrogens is 3. The van der Waals surface area contributed by atoms with Gasteiger partial charge in [0.1, 0.15) is 5.01 Å². The molecule has 118 valence electrons. The quantitative estimate of drug-likeness (QED) is 0.599. The molecule has 0 saturated heterocycles. The van der Waals surface area contributed by atoms with Gasteiger partial charge in [0.25, 0.3) is 5.56 Å². The maximum absolute atomic E-state index is 11.9. The van der Waals surface area contributed by atoms with Crippen molar-refractivity contribution < 1.29 is 9.90 Å². The minimum atomic E-state index is -1.06. The Morgan fingerprint density at radius 1 is 1.08 bits per heavy atom. The monoisotopic (exact) mass is 337 g/mol. The van der Waals surface area contributed by atoms with Crippen LogP contribution in [-0.2, 0) is 4.79 Å². The van der Waals surface area contributed by atoms with Gasteiger partial charge in [-0.3, -0.25) is 9.59 Å². The predicted molar refractivity (Wildman–Crippen MR) is 91.5 cm³/mol. The van der Waals surface area contributed by atoms with Gasteiger partial charge in [-0.05, 0) is 18.2 Å². The van der Waals surface area contributed by atoms with Crippen LogP contribution in [0.2, 0.25) is 0 Å². The minimum Gasteiger partial charge on any atom is -0.480 e. The van der Waals surface area contributed by atoms with Crippen molar-refractivity contribution in [3.8, 4) is 0 Å². The largest absolute Gasteiger partial charge is 0.480 e. The van der Waals surface area contributed by atoms with Gasteiger partial charge in [0.15, 0.2) is 5.92 Å². The Morgan fingerprint density at radius 3 is 2.54 bits per heavy atom. The number of nitrogens with zero attached hydrogens (tertiary/aromatic N) is 2. The molecule has 4 aromatic rings. The maximum atomic E-state index is 11.9. The van der Waals surface area contributed by atoms with E-state index in [4.69, 9.17) is 0 Å². The highest BCUT2D eigenvalue weighted by Crippen LogP contribution is 2.33. The molecule has 2 heterocycles. The number of H-pyrrole nitrogens is 1.